The van der Waals surface area contributed by atoms with Crippen LogP contribution in [0, 0.1) is 6.92 Å². The van der Waals surface area contributed by atoms with E-state index in [-0.39, 0.29) is 5.63 Å². The van der Waals surface area contributed by atoms with E-state index >= 15 is 0 Å². The van der Waals surface area contributed by atoms with E-state index in [1.54, 1.807) is 6.07 Å². The van der Waals surface area contributed by atoms with Crippen LogP contribution in [0.25, 0.3) is 11.0 Å². The maximum Gasteiger partial charge on any atom is 0.336 e. The number of rotatable bonds is 0. The van der Waals surface area contributed by atoms with E-state index in [1.807, 2.05) is 19.1 Å². The molecule has 2 rings (SSSR count). The SMILES string of the molecule is Cc1cc(=O)oc2cc([S-])ccc12. The highest BCUT2D eigenvalue weighted by molar-refractivity contribution is 7.58. The van der Waals surface area contributed by atoms with E-state index in [9.17, 15) is 4.79 Å². The lowest BCUT2D eigenvalue weighted by Crippen LogP contribution is -1.97. The Morgan fingerprint density at radius 3 is 2.85 bits per heavy atom. The van der Waals surface area contributed by atoms with Crippen molar-refractivity contribution in [3.63, 3.8) is 0 Å². The monoisotopic (exact) mass is 191 g/mol. The molecule has 2 nitrogen and oxygen atoms in total. The van der Waals surface area contributed by atoms with Gasteiger partial charge in [-0.3, -0.25) is 0 Å². The van der Waals surface area contributed by atoms with E-state index < -0.39 is 0 Å². The molecule has 66 valence electrons. The maximum atomic E-state index is 11.0. The van der Waals surface area contributed by atoms with E-state index in [0.29, 0.717) is 10.5 Å². The summed E-state index contributed by atoms with van der Waals surface area (Å²) >= 11 is 4.96. The molecule has 0 unspecified atom stereocenters. The first-order valence-electron chi connectivity index (χ1n) is 3.88. The molecule has 0 spiro atoms. The normalized spacial score (nSPS) is 10.5. The predicted octanol–water partition coefficient (Wildman–Crippen LogP) is 2.01. The number of fused-ring (bicyclic) bond motifs is 1. The van der Waals surface area contributed by atoms with Crippen LogP contribution in [0.4, 0.5) is 0 Å². The van der Waals surface area contributed by atoms with Crippen molar-refractivity contribution in [1.29, 1.82) is 0 Å². The summed E-state index contributed by atoms with van der Waals surface area (Å²) in [5.74, 6) is 0. The van der Waals surface area contributed by atoms with E-state index in [1.165, 1.54) is 6.07 Å². The Labute approximate surface area is 80.6 Å². The molecule has 0 amide bonds. The number of benzene rings is 1. The lowest BCUT2D eigenvalue weighted by atomic mass is 10.1. The summed E-state index contributed by atoms with van der Waals surface area (Å²) < 4.78 is 5.00. The van der Waals surface area contributed by atoms with Crippen LogP contribution in [-0.2, 0) is 12.6 Å². The Morgan fingerprint density at radius 2 is 2.08 bits per heavy atom. The fraction of sp³-hybridized carbons (Fsp3) is 0.100. The molecule has 0 aliphatic rings. The Bertz CT molecular complexity index is 514. The molecule has 1 aromatic carbocycles. The highest BCUT2D eigenvalue weighted by Crippen LogP contribution is 2.17. The Morgan fingerprint density at radius 1 is 1.31 bits per heavy atom. The number of hydrogen-bond acceptors (Lipinski definition) is 3. The van der Waals surface area contributed by atoms with Crippen molar-refractivity contribution in [3.05, 3.63) is 40.2 Å². The minimum absolute atomic E-state index is 0.328. The zero-order chi connectivity index (χ0) is 9.42. The maximum absolute atomic E-state index is 11.0. The standard InChI is InChI=1S/C10H8O2S/c1-6-4-10(11)12-9-5-7(13)2-3-8(6)9/h2-5,13H,1H3/p-1. The number of aryl methyl sites for hydroxylation is 1. The van der Waals surface area contributed by atoms with Gasteiger partial charge in [0.15, 0.2) is 0 Å². The summed E-state index contributed by atoms with van der Waals surface area (Å²) in [5.41, 5.74) is 1.16. The average molecular weight is 191 g/mol. The quantitative estimate of drug-likeness (QED) is 0.471. The molecule has 0 saturated carbocycles. The van der Waals surface area contributed by atoms with Gasteiger partial charge in [0.1, 0.15) is 5.58 Å². The summed E-state index contributed by atoms with van der Waals surface area (Å²) in [6, 6.07) is 6.87. The molecule has 3 heteroatoms. The summed E-state index contributed by atoms with van der Waals surface area (Å²) in [5, 5.41) is 0.938. The lowest BCUT2D eigenvalue weighted by Gasteiger charge is -2.06. The van der Waals surface area contributed by atoms with Crippen LogP contribution in [0.5, 0.6) is 0 Å². The van der Waals surface area contributed by atoms with Gasteiger partial charge in [-0.1, -0.05) is 12.1 Å². The van der Waals surface area contributed by atoms with E-state index in [4.69, 9.17) is 17.0 Å². The molecular formula is C10H7O2S-. The van der Waals surface area contributed by atoms with Gasteiger partial charge < -0.3 is 17.0 Å². The fourth-order valence-corrected chi connectivity index (χ4v) is 1.48. The predicted molar refractivity (Wildman–Crippen MR) is 52.9 cm³/mol. The minimum atomic E-state index is -0.328. The van der Waals surface area contributed by atoms with Crippen LogP contribution < -0.4 is 5.63 Å². The molecular weight excluding hydrogens is 184 g/mol. The molecule has 0 aliphatic carbocycles. The molecule has 0 aliphatic heterocycles. The first-order valence-corrected chi connectivity index (χ1v) is 4.29. The molecule has 1 heterocycles. The fourth-order valence-electron chi connectivity index (χ4n) is 1.31. The van der Waals surface area contributed by atoms with Gasteiger partial charge in [0.25, 0.3) is 0 Å². The van der Waals surface area contributed by atoms with Crippen LogP contribution in [0.2, 0.25) is 0 Å². The second kappa shape index (κ2) is 2.85. The van der Waals surface area contributed by atoms with Crippen molar-refractivity contribution in [2.45, 2.75) is 11.8 Å². The van der Waals surface area contributed by atoms with E-state index in [0.717, 1.165) is 10.9 Å². The third kappa shape index (κ3) is 1.42. The van der Waals surface area contributed by atoms with Gasteiger partial charge in [-0.2, -0.15) is 4.90 Å². The molecule has 0 N–H and O–H groups in total. The summed E-state index contributed by atoms with van der Waals surface area (Å²) in [6.45, 7) is 1.88. The minimum Gasteiger partial charge on any atom is -0.780 e. The Hall–Kier alpha value is -1.35. The molecule has 0 atom stereocenters. The summed E-state index contributed by atoms with van der Waals surface area (Å²) in [7, 11) is 0. The van der Waals surface area contributed by atoms with Gasteiger partial charge >= 0.3 is 5.63 Å². The van der Waals surface area contributed by atoms with Crippen molar-refractivity contribution in [2.24, 2.45) is 0 Å². The topological polar surface area (TPSA) is 30.2 Å². The molecule has 2 aromatic rings. The highest BCUT2D eigenvalue weighted by Gasteiger charge is 1.99. The number of hydrogen-bond donors (Lipinski definition) is 0. The van der Waals surface area contributed by atoms with Crippen molar-refractivity contribution in [1.82, 2.24) is 0 Å². The first-order chi connectivity index (χ1) is 6.16. The molecule has 0 saturated heterocycles. The average Bonchev–Trinajstić information content (AvgIpc) is 2.02. The van der Waals surface area contributed by atoms with Crippen molar-refractivity contribution >= 4 is 23.6 Å². The molecule has 0 radical (unpaired) electrons. The van der Waals surface area contributed by atoms with Crippen molar-refractivity contribution in [3.8, 4) is 0 Å². The van der Waals surface area contributed by atoms with Gasteiger partial charge in [0.05, 0.1) is 0 Å². The Balaban J connectivity index is 2.94. The van der Waals surface area contributed by atoms with Gasteiger partial charge in [-0.25, -0.2) is 4.79 Å². The van der Waals surface area contributed by atoms with Crippen LogP contribution in [0.1, 0.15) is 5.56 Å². The first kappa shape index (κ1) is 8.26. The second-order valence-corrected chi connectivity index (χ2v) is 3.38. The third-order valence-corrected chi connectivity index (χ3v) is 2.18. The Kier molecular flexibility index (Phi) is 1.81. The van der Waals surface area contributed by atoms with E-state index in [2.05, 4.69) is 0 Å². The van der Waals surface area contributed by atoms with Gasteiger partial charge in [0.2, 0.25) is 0 Å². The van der Waals surface area contributed by atoms with Crippen molar-refractivity contribution in [2.75, 3.05) is 0 Å². The zero-order valence-corrected chi connectivity index (χ0v) is 7.85. The molecule has 1 aromatic heterocycles. The highest BCUT2D eigenvalue weighted by atomic mass is 32.1. The smallest absolute Gasteiger partial charge is 0.336 e. The van der Waals surface area contributed by atoms with Gasteiger partial charge in [-0.05, 0) is 18.6 Å². The lowest BCUT2D eigenvalue weighted by molar-refractivity contribution is 0.559. The largest absolute Gasteiger partial charge is 0.780 e. The van der Waals surface area contributed by atoms with Crippen LogP contribution in [0.3, 0.4) is 0 Å². The second-order valence-electron chi connectivity index (χ2n) is 2.91. The van der Waals surface area contributed by atoms with Crippen LogP contribution in [-0.4, -0.2) is 0 Å². The molecule has 13 heavy (non-hydrogen) atoms. The van der Waals surface area contributed by atoms with Crippen LogP contribution in [0.15, 0.2) is 38.4 Å². The van der Waals surface area contributed by atoms with Crippen LogP contribution >= 0.6 is 0 Å². The summed E-state index contributed by atoms with van der Waals surface area (Å²) in [4.78, 5) is 11.7. The summed E-state index contributed by atoms with van der Waals surface area (Å²) in [6.07, 6.45) is 0. The zero-order valence-electron chi connectivity index (χ0n) is 7.03. The third-order valence-electron chi connectivity index (χ3n) is 1.92. The van der Waals surface area contributed by atoms with Gasteiger partial charge in [-0.15, -0.1) is 0 Å². The van der Waals surface area contributed by atoms with Gasteiger partial charge in [0, 0.05) is 11.5 Å². The molecule has 0 fully saturated rings. The van der Waals surface area contributed by atoms with Crippen molar-refractivity contribution < 1.29 is 4.42 Å². The molecule has 0 bridgehead atoms.